The summed E-state index contributed by atoms with van der Waals surface area (Å²) in [6.45, 7) is 11.4. The maximum Gasteiger partial charge on any atom is 0.273 e. The summed E-state index contributed by atoms with van der Waals surface area (Å²) in [5.41, 5.74) is 2.81. The summed E-state index contributed by atoms with van der Waals surface area (Å²) < 4.78 is 17.4. The van der Waals surface area contributed by atoms with Crippen molar-refractivity contribution in [1.82, 2.24) is 15.1 Å². The minimum atomic E-state index is -0.471. The van der Waals surface area contributed by atoms with Crippen molar-refractivity contribution in [3.05, 3.63) is 70.9 Å². The summed E-state index contributed by atoms with van der Waals surface area (Å²) in [6, 6.07) is 9.94. The van der Waals surface area contributed by atoms with Gasteiger partial charge in [0.25, 0.3) is 5.91 Å². The van der Waals surface area contributed by atoms with Gasteiger partial charge in [0.15, 0.2) is 11.5 Å². The van der Waals surface area contributed by atoms with Gasteiger partial charge in [0, 0.05) is 29.3 Å². The van der Waals surface area contributed by atoms with Crippen molar-refractivity contribution in [1.29, 1.82) is 0 Å². The first-order valence-corrected chi connectivity index (χ1v) is 12.7. The Morgan fingerprint density at radius 3 is 2.76 bits per heavy atom. The minimum absolute atomic E-state index is 0.0249. The number of aromatic hydroxyl groups is 1. The van der Waals surface area contributed by atoms with Crippen LogP contribution in [0.1, 0.15) is 54.8 Å². The van der Waals surface area contributed by atoms with Crippen LogP contribution >= 0.6 is 11.6 Å². The zero-order valence-corrected chi connectivity index (χ0v) is 22.0. The van der Waals surface area contributed by atoms with Gasteiger partial charge in [-0.1, -0.05) is 30.3 Å². The number of phenols is 1. The van der Waals surface area contributed by atoms with Crippen LogP contribution in [-0.2, 0) is 4.74 Å². The molecule has 9 heteroatoms. The molecule has 0 fully saturated rings. The molecule has 1 aliphatic heterocycles. The molecule has 8 nitrogen and oxygen atoms in total. The molecular formula is C28H32ClN3O5. The summed E-state index contributed by atoms with van der Waals surface area (Å²) in [7, 11) is 0. The number of fused-ring (bicyclic) bond motifs is 1. The number of ether oxygens (including phenoxy) is 3. The Balaban J connectivity index is 1.80. The lowest BCUT2D eigenvalue weighted by molar-refractivity contribution is 0.0601. The first kappa shape index (κ1) is 26.6. The molecule has 0 saturated heterocycles. The third-order valence-electron chi connectivity index (χ3n) is 6.01. The minimum Gasteiger partial charge on any atom is -0.507 e. The van der Waals surface area contributed by atoms with E-state index in [9.17, 15) is 9.90 Å². The molecule has 0 bridgehead atoms. The fraction of sp³-hybridized carbons (Fsp3) is 0.357. The lowest BCUT2D eigenvalue weighted by Crippen LogP contribution is -2.31. The molecule has 3 aromatic rings. The SMILES string of the molecule is C=CCOc1ccc(C2c3c(-c4cc(Cl)ccc4O)n[nH]c3C(=O)N2CCCOC(C)C)cc1OCC. The number of phenolic OH excluding ortho intramolecular Hbond substituents is 1. The van der Waals surface area contributed by atoms with E-state index in [1.165, 1.54) is 6.07 Å². The van der Waals surface area contributed by atoms with Crippen molar-refractivity contribution >= 4 is 17.5 Å². The summed E-state index contributed by atoms with van der Waals surface area (Å²) in [6.07, 6.45) is 2.44. The number of carbonyl (C=O) groups excluding carboxylic acids is 1. The van der Waals surface area contributed by atoms with E-state index in [2.05, 4.69) is 16.8 Å². The summed E-state index contributed by atoms with van der Waals surface area (Å²) in [5, 5.41) is 18.4. The van der Waals surface area contributed by atoms with Gasteiger partial charge in [0.05, 0.1) is 18.8 Å². The van der Waals surface area contributed by atoms with Gasteiger partial charge in [0.1, 0.15) is 23.7 Å². The Kier molecular flexibility index (Phi) is 8.41. The van der Waals surface area contributed by atoms with Crippen LogP contribution in [0.2, 0.25) is 5.02 Å². The van der Waals surface area contributed by atoms with E-state index in [1.807, 2.05) is 39.0 Å². The van der Waals surface area contributed by atoms with Gasteiger partial charge in [-0.3, -0.25) is 9.89 Å². The first-order valence-electron chi connectivity index (χ1n) is 12.4. The second-order valence-electron chi connectivity index (χ2n) is 8.94. The molecule has 37 heavy (non-hydrogen) atoms. The molecule has 2 heterocycles. The van der Waals surface area contributed by atoms with E-state index >= 15 is 0 Å². The maximum absolute atomic E-state index is 13.6. The number of rotatable bonds is 12. The van der Waals surface area contributed by atoms with Crippen LogP contribution in [0.15, 0.2) is 49.1 Å². The van der Waals surface area contributed by atoms with Crippen molar-refractivity contribution in [3.8, 4) is 28.5 Å². The summed E-state index contributed by atoms with van der Waals surface area (Å²) >= 11 is 6.24. The molecule has 196 valence electrons. The Bertz CT molecular complexity index is 1270. The van der Waals surface area contributed by atoms with E-state index in [4.69, 9.17) is 25.8 Å². The molecule has 0 aliphatic carbocycles. The van der Waals surface area contributed by atoms with Gasteiger partial charge in [-0.2, -0.15) is 5.10 Å². The monoisotopic (exact) mass is 525 g/mol. The fourth-order valence-corrected chi connectivity index (χ4v) is 4.63. The lowest BCUT2D eigenvalue weighted by Gasteiger charge is -2.27. The molecule has 1 unspecified atom stereocenters. The van der Waals surface area contributed by atoms with Crippen molar-refractivity contribution in [2.45, 2.75) is 39.3 Å². The Morgan fingerprint density at radius 1 is 1.22 bits per heavy atom. The van der Waals surface area contributed by atoms with E-state index in [0.717, 1.165) is 5.56 Å². The molecule has 2 N–H and O–H groups in total. The summed E-state index contributed by atoms with van der Waals surface area (Å²) in [5.74, 6) is 1.01. The molecule has 1 aromatic heterocycles. The highest BCUT2D eigenvalue weighted by molar-refractivity contribution is 6.31. The smallest absolute Gasteiger partial charge is 0.273 e. The van der Waals surface area contributed by atoms with Crippen molar-refractivity contribution in [2.24, 2.45) is 0 Å². The number of hydrogen-bond donors (Lipinski definition) is 2. The predicted molar refractivity (Wildman–Crippen MR) is 143 cm³/mol. The van der Waals surface area contributed by atoms with Crippen LogP contribution in [0.25, 0.3) is 11.3 Å². The third-order valence-corrected chi connectivity index (χ3v) is 6.25. The van der Waals surface area contributed by atoms with Crippen molar-refractivity contribution < 1.29 is 24.1 Å². The molecule has 4 rings (SSSR count). The average molecular weight is 526 g/mol. The standard InChI is InChI=1S/C28H32ClN3O5/c1-5-13-37-22-11-8-18(15-23(22)35-6-2)27-24-25(20-16-19(29)9-10-21(20)33)30-31-26(24)28(34)32(27)12-7-14-36-17(3)4/h5,8-11,15-17,27,33H,1,6-7,12-14H2,2-4H3,(H,30,31). The topological polar surface area (TPSA) is 96.9 Å². The maximum atomic E-state index is 13.6. The van der Waals surface area contributed by atoms with E-state index in [0.29, 0.717) is 71.8 Å². The lowest BCUT2D eigenvalue weighted by atomic mass is 9.95. The number of aromatic amines is 1. The van der Waals surface area contributed by atoms with Gasteiger partial charge in [-0.25, -0.2) is 0 Å². The fourth-order valence-electron chi connectivity index (χ4n) is 4.46. The van der Waals surface area contributed by atoms with Gasteiger partial charge in [-0.15, -0.1) is 0 Å². The van der Waals surface area contributed by atoms with Gasteiger partial charge in [-0.05, 0) is 63.1 Å². The highest BCUT2D eigenvalue weighted by atomic mass is 35.5. The largest absolute Gasteiger partial charge is 0.507 e. The highest BCUT2D eigenvalue weighted by Gasteiger charge is 2.42. The quantitative estimate of drug-likeness (QED) is 0.230. The number of H-pyrrole nitrogens is 1. The number of nitrogens with one attached hydrogen (secondary N) is 1. The molecule has 2 aromatic carbocycles. The highest BCUT2D eigenvalue weighted by Crippen LogP contribution is 2.46. The molecule has 0 radical (unpaired) electrons. The Morgan fingerprint density at radius 2 is 2.03 bits per heavy atom. The van der Waals surface area contributed by atoms with Crippen molar-refractivity contribution in [3.63, 3.8) is 0 Å². The zero-order chi connectivity index (χ0) is 26.5. The van der Waals surface area contributed by atoms with Gasteiger partial charge in [0.2, 0.25) is 0 Å². The van der Waals surface area contributed by atoms with Crippen molar-refractivity contribution in [2.75, 3.05) is 26.4 Å². The molecule has 1 atom stereocenters. The van der Waals surface area contributed by atoms with Crippen LogP contribution in [0.3, 0.4) is 0 Å². The average Bonchev–Trinajstić information content (AvgIpc) is 3.41. The molecule has 0 spiro atoms. The second-order valence-corrected chi connectivity index (χ2v) is 9.37. The van der Waals surface area contributed by atoms with Crippen LogP contribution in [0.5, 0.6) is 17.2 Å². The van der Waals surface area contributed by atoms with Crippen LogP contribution in [-0.4, -0.2) is 58.6 Å². The normalized spacial score (nSPS) is 14.8. The van der Waals surface area contributed by atoms with Gasteiger partial charge >= 0.3 is 0 Å². The Labute approximate surface area is 221 Å². The van der Waals surface area contributed by atoms with Gasteiger partial charge < -0.3 is 24.2 Å². The number of amides is 1. The number of hydrogen-bond acceptors (Lipinski definition) is 6. The van der Waals surface area contributed by atoms with E-state index in [-0.39, 0.29) is 17.8 Å². The molecule has 1 aliphatic rings. The van der Waals surface area contributed by atoms with Crippen LogP contribution in [0.4, 0.5) is 0 Å². The number of carbonyl (C=O) groups is 1. The summed E-state index contributed by atoms with van der Waals surface area (Å²) in [4.78, 5) is 15.4. The molecular weight excluding hydrogens is 494 g/mol. The third kappa shape index (κ3) is 5.60. The second kappa shape index (κ2) is 11.7. The number of halogens is 1. The molecule has 1 amide bonds. The van der Waals surface area contributed by atoms with Crippen LogP contribution in [0, 0.1) is 0 Å². The van der Waals surface area contributed by atoms with E-state index < -0.39 is 6.04 Å². The number of nitrogens with zero attached hydrogens (tertiary/aromatic N) is 2. The number of benzene rings is 2. The Hall–Kier alpha value is -3.49. The predicted octanol–water partition coefficient (Wildman–Crippen LogP) is 5.76. The van der Waals surface area contributed by atoms with E-state index in [1.54, 1.807) is 23.1 Å². The first-order chi connectivity index (χ1) is 17.8. The number of aromatic nitrogens is 2. The van der Waals surface area contributed by atoms with Crippen LogP contribution < -0.4 is 9.47 Å². The zero-order valence-electron chi connectivity index (χ0n) is 21.3. The molecule has 0 saturated carbocycles.